The van der Waals surface area contributed by atoms with Crippen molar-refractivity contribution >= 4 is 23.2 Å². The Morgan fingerprint density at radius 2 is 2.11 bits per heavy atom. The Hall–Kier alpha value is -0.320. The Morgan fingerprint density at radius 1 is 1.39 bits per heavy atom. The third kappa shape index (κ3) is 5.55. The quantitative estimate of drug-likeness (QED) is 0.812. The molecule has 2 N–H and O–H groups in total. The van der Waals surface area contributed by atoms with Crippen molar-refractivity contribution in [3.63, 3.8) is 0 Å². The van der Waals surface area contributed by atoms with Crippen molar-refractivity contribution in [3.05, 3.63) is 33.8 Å². The summed E-state index contributed by atoms with van der Waals surface area (Å²) in [6.45, 7) is 3.35. The minimum atomic E-state index is -0.791. The number of methoxy groups -OCH3 is 1. The van der Waals surface area contributed by atoms with Crippen LogP contribution in [0, 0.1) is 0 Å². The number of aliphatic hydroxyl groups is 1. The van der Waals surface area contributed by atoms with Gasteiger partial charge in [-0.1, -0.05) is 23.2 Å². The zero-order chi connectivity index (χ0) is 13.6. The number of halogens is 2. The van der Waals surface area contributed by atoms with Crippen molar-refractivity contribution in [2.24, 2.45) is 0 Å². The molecular weight excluding hydrogens is 273 g/mol. The van der Waals surface area contributed by atoms with E-state index in [1.165, 1.54) is 0 Å². The lowest BCUT2D eigenvalue weighted by molar-refractivity contribution is 0.0247. The molecule has 3 nitrogen and oxygen atoms in total. The molecule has 1 unspecified atom stereocenters. The molecule has 0 aliphatic rings. The van der Waals surface area contributed by atoms with E-state index in [-0.39, 0.29) is 0 Å². The summed E-state index contributed by atoms with van der Waals surface area (Å²) < 4.78 is 4.95. The third-order valence-electron chi connectivity index (χ3n) is 2.67. The standard InChI is InChI=1S/C13H19Cl2NO2/c1-13(17,5-6-18-2)9-16-8-10-7-11(14)3-4-12(10)15/h3-4,7,16-17H,5-6,8-9H2,1-2H3. The molecule has 102 valence electrons. The maximum Gasteiger partial charge on any atom is 0.0765 e. The van der Waals surface area contributed by atoms with Crippen molar-refractivity contribution in [2.45, 2.75) is 25.5 Å². The fraction of sp³-hybridized carbons (Fsp3) is 0.538. The molecule has 1 rings (SSSR count). The first-order valence-electron chi connectivity index (χ1n) is 5.80. The van der Waals surface area contributed by atoms with E-state index < -0.39 is 5.60 Å². The van der Waals surface area contributed by atoms with Crippen LogP contribution in [0.3, 0.4) is 0 Å². The molecule has 1 aromatic rings. The Kier molecular flexibility index (Phi) is 6.39. The molecule has 1 aromatic carbocycles. The first-order valence-corrected chi connectivity index (χ1v) is 6.56. The normalized spacial score (nSPS) is 14.5. The minimum Gasteiger partial charge on any atom is -0.389 e. The molecule has 0 fully saturated rings. The van der Waals surface area contributed by atoms with Gasteiger partial charge in [-0.25, -0.2) is 0 Å². The van der Waals surface area contributed by atoms with Gasteiger partial charge in [-0.05, 0) is 30.7 Å². The van der Waals surface area contributed by atoms with Crippen LogP contribution >= 0.6 is 23.2 Å². The maximum atomic E-state index is 10.0. The number of nitrogens with one attached hydrogen (secondary N) is 1. The van der Waals surface area contributed by atoms with Crippen molar-refractivity contribution in [2.75, 3.05) is 20.3 Å². The van der Waals surface area contributed by atoms with Gasteiger partial charge in [0.2, 0.25) is 0 Å². The second-order valence-electron chi connectivity index (χ2n) is 4.58. The fourth-order valence-corrected chi connectivity index (χ4v) is 1.93. The van der Waals surface area contributed by atoms with E-state index >= 15 is 0 Å². The Labute approximate surface area is 118 Å². The van der Waals surface area contributed by atoms with Crippen LogP contribution in [0.5, 0.6) is 0 Å². The van der Waals surface area contributed by atoms with E-state index in [0.29, 0.717) is 36.2 Å². The molecule has 5 heteroatoms. The Balaban J connectivity index is 2.43. The molecule has 0 bridgehead atoms. The summed E-state index contributed by atoms with van der Waals surface area (Å²) in [7, 11) is 1.62. The third-order valence-corrected chi connectivity index (χ3v) is 3.28. The average Bonchev–Trinajstić information content (AvgIpc) is 2.31. The lowest BCUT2D eigenvalue weighted by Crippen LogP contribution is -2.38. The largest absolute Gasteiger partial charge is 0.389 e. The van der Waals surface area contributed by atoms with Gasteiger partial charge < -0.3 is 15.2 Å². The van der Waals surface area contributed by atoms with E-state index in [2.05, 4.69) is 5.32 Å². The smallest absolute Gasteiger partial charge is 0.0765 e. The Bertz CT molecular complexity index is 383. The summed E-state index contributed by atoms with van der Waals surface area (Å²) in [5.74, 6) is 0. The number of hydrogen-bond acceptors (Lipinski definition) is 3. The molecule has 0 saturated carbocycles. The lowest BCUT2D eigenvalue weighted by Gasteiger charge is -2.23. The van der Waals surface area contributed by atoms with E-state index in [9.17, 15) is 5.11 Å². The van der Waals surface area contributed by atoms with E-state index in [4.69, 9.17) is 27.9 Å². The predicted octanol–water partition coefficient (Wildman–Crippen LogP) is 2.87. The molecule has 0 radical (unpaired) electrons. The zero-order valence-corrected chi connectivity index (χ0v) is 12.2. The van der Waals surface area contributed by atoms with Crippen LogP contribution in [0.2, 0.25) is 10.0 Å². The number of rotatable bonds is 7. The van der Waals surface area contributed by atoms with Gasteiger partial charge in [0.1, 0.15) is 0 Å². The molecular formula is C13H19Cl2NO2. The molecule has 0 heterocycles. The van der Waals surface area contributed by atoms with Gasteiger partial charge in [0.15, 0.2) is 0 Å². The lowest BCUT2D eigenvalue weighted by atomic mass is 10.0. The highest BCUT2D eigenvalue weighted by Crippen LogP contribution is 2.20. The highest BCUT2D eigenvalue weighted by atomic mass is 35.5. The average molecular weight is 292 g/mol. The molecule has 0 aromatic heterocycles. The monoisotopic (exact) mass is 291 g/mol. The van der Waals surface area contributed by atoms with Gasteiger partial charge in [0, 0.05) is 43.3 Å². The molecule has 0 spiro atoms. The molecule has 0 aliphatic heterocycles. The molecule has 0 saturated heterocycles. The number of hydrogen-bond donors (Lipinski definition) is 2. The SMILES string of the molecule is COCCC(C)(O)CNCc1cc(Cl)ccc1Cl. The van der Waals surface area contributed by atoms with E-state index in [1.54, 1.807) is 26.2 Å². The van der Waals surface area contributed by atoms with Gasteiger partial charge in [-0.2, -0.15) is 0 Å². The maximum absolute atomic E-state index is 10.0. The summed E-state index contributed by atoms with van der Waals surface area (Å²) in [5.41, 5.74) is 0.132. The minimum absolute atomic E-state index is 0.471. The molecule has 0 aliphatic carbocycles. The van der Waals surface area contributed by atoms with Gasteiger partial charge in [-0.15, -0.1) is 0 Å². The Morgan fingerprint density at radius 3 is 2.78 bits per heavy atom. The van der Waals surface area contributed by atoms with Crippen LogP contribution in [-0.4, -0.2) is 31.0 Å². The summed E-state index contributed by atoms with van der Waals surface area (Å²) in [6, 6.07) is 5.34. The number of ether oxygens (including phenoxy) is 1. The van der Waals surface area contributed by atoms with Crippen molar-refractivity contribution in [1.82, 2.24) is 5.32 Å². The molecule has 18 heavy (non-hydrogen) atoms. The topological polar surface area (TPSA) is 41.5 Å². The van der Waals surface area contributed by atoms with Crippen LogP contribution in [0.25, 0.3) is 0 Å². The van der Waals surface area contributed by atoms with Crippen LogP contribution in [-0.2, 0) is 11.3 Å². The van der Waals surface area contributed by atoms with Crippen LogP contribution in [0.4, 0.5) is 0 Å². The van der Waals surface area contributed by atoms with Gasteiger partial charge >= 0.3 is 0 Å². The van der Waals surface area contributed by atoms with Gasteiger partial charge in [-0.3, -0.25) is 0 Å². The van der Waals surface area contributed by atoms with Crippen LogP contribution in [0.15, 0.2) is 18.2 Å². The number of benzene rings is 1. The first-order chi connectivity index (χ1) is 8.44. The van der Waals surface area contributed by atoms with Gasteiger partial charge in [0.25, 0.3) is 0 Å². The van der Waals surface area contributed by atoms with Gasteiger partial charge in [0.05, 0.1) is 5.60 Å². The highest BCUT2D eigenvalue weighted by molar-refractivity contribution is 6.33. The van der Waals surface area contributed by atoms with Crippen LogP contribution < -0.4 is 5.32 Å². The fourth-order valence-electron chi connectivity index (χ4n) is 1.56. The van der Waals surface area contributed by atoms with E-state index in [0.717, 1.165) is 5.56 Å². The van der Waals surface area contributed by atoms with Crippen molar-refractivity contribution < 1.29 is 9.84 Å². The second-order valence-corrected chi connectivity index (χ2v) is 5.42. The highest BCUT2D eigenvalue weighted by Gasteiger charge is 2.19. The molecule has 1 atom stereocenters. The summed E-state index contributed by atoms with van der Waals surface area (Å²) in [5, 5.41) is 14.5. The summed E-state index contributed by atoms with van der Waals surface area (Å²) in [6.07, 6.45) is 0.583. The first kappa shape index (κ1) is 15.7. The van der Waals surface area contributed by atoms with Crippen LogP contribution in [0.1, 0.15) is 18.9 Å². The summed E-state index contributed by atoms with van der Waals surface area (Å²) in [4.78, 5) is 0. The summed E-state index contributed by atoms with van der Waals surface area (Å²) >= 11 is 12.0. The molecule has 0 amide bonds. The van der Waals surface area contributed by atoms with Crippen molar-refractivity contribution in [1.29, 1.82) is 0 Å². The second kappa shape index (κ2) is 7.31. The predicted molar refractivity (Wildman–Crippen MR) is 75.3 cm³/mol. The van der Waals surface area contributed by atoms with E-state index in [1.807, 2.05) is 6.07 Å². The zero-order valence-electron chi connectivity index (χ0n) is 10.7. The van der Waals surface area contributed by atoms with Crippen molar-refractivity contribution in [3.8, 4) is 0 Å².